The second kappa shape index (κ2) is 14.4. The zero-order valence-corrected chi connectivity index (χ0v) is 24.2. The van der Waals surface area contributed by atoms with Crippen molar-refractivity contribution in [2.75, 3.05) is 19.8 Å². The number of hydrogen-bond acceptors (Lipinski definition) is 5. The average Bonchev–Trinajstić information content (AvgIpc) is 2.96. The van der Waals surface area contributed by atoms with Crippen LogP contribution in [0.5, 0.6) is 0 Å². The quantitative estimate of drug-likeness (QED) is 0.226. The fourth-order valence-corrected chi connectivity index (χ4v) is 6.16. The second-order valence-electron chi connectivity index (χ2n) is 11.5. The monoisotopic (exact) mass is 630 g/mol. The highest BCUT2D eigenvalue weighted by Gasteiger charge is 2.47. The maximum Gasteiger partial charge on any atom is 0.416 e. The minimum Gasteiger partial charge on any atom is -0.330 e. The molecule has 2 aromatic carbocycles. The van der Waals surface area contributed by atoms with Crippen molar-refractivity contribution in [3.05, 3.63) is 70.5 Å². The van der Waals surface area contributed by atoms with Gasteiger partial charge in [0, 0.05) is 25.4 Å². The summed E-state index contributed by atoms with van der Waals surface area (Å²) in [7, 11) is 0. The van der Waals surface area contributed by atoms with Gasteiger partial charge in [-0.1, -0.05) is 12.1 Å². The number of alkyl halides is 6. The highest BCUT2D eigenvalue weighted by atomic mass is 19.4. The Bertz CT molecular complexity index is 1250. The van der Waals surface area contributed by atoms with Gasteiger partial charge in [0.15, 0.2) is 5.78 Å². The number of hydrogen-bond donors (Lipinski definition) is 2. The zero-order valence-electron chi connectivity index (χ0n) is 24.2. The number of ketones is 1. The molecule has 3 atom stereocenters. The molecule has 0 aliphatic carbocycles. The molecule has 6 nitrogen and oxygen atoms in total. The number of unbranched alkanes of at least 4 members (excludes halogenated alkanes) is 1. The van der Waals surface area contributed by atoms with Gasteiger partial charge in [-0.3, -0.25) is 14.5 Å². The molecule has 0 radical (unpaired) electrons. The smallest absolute Gasteiger partial charge is 0.330 e. The summed E-state index contributed by atoms with van der Waals surface area (Å²) in [5, 5.41) is 2.96. The van der Waals surface area contributed by atoms with Crippen LogP contribution in [0, 0.1) is 11.7 Å². The van der Waals surface area contributed by atoms with Gasteiger partial charge < -0.3 is 16.0 Å². The van der Waals surface area contributed by atoms with Crippen LogP contribution in [0.3, 0.4) is 0 Å². The first-order chi connectivity index (χ1) is 20.8. The molecule has 242 valence electrons. The number of aryl methyl sites for hydroxylation is 1. The number of rotatable bonds is 12. The lowest BCUT2D eigenvalue weighted by atomic mass is 9.80. The molecule has 0 spiro atoms. The molecule has 0 bridgehead atoms. The van der Waals surface area contributed by atoms with Crippen LogP contribution < -0.4 is 11.1 Å². The summed E-state index contributed by atoms with van der Waals surface area (Å²) in [6, 6.07) is 7.01. The third kappa shape index (κ3) is 8.57. The van der Waals surface area contributed by atoms with Crippen molar-refractivity contribution in [2.45, 2.75) is 82.5 Å². The Labute approximate surface area is 251 Å². The summed E-state index contributed by atoms with van der Waals surface area (Å²) in [6.07, 6.45) is -6.15. The van der Waals surface area contributed by atoms with Gasteiger partial charge in [0.05, 0.1) is 30.0 Å². The zero-order chi connectivity index (χ0) is 32.1. The number of carbonyl (C=O) groups excluding carboxylic acids is 2. The van der Waals surface area contributed by atoms with Crippen molar-refractivity contribution >= 4 is 11.7 Å². The van der Waals surface area contributed by atoms with E-state index in [9.17, 15) is 40.3 Å². The van der Waals surface area contributed by atoms with Gasteiger partial charge in [-0.2, -0.15) is 26.3 Å². The van der Waals surface area contributed by atoms with E-state index in [0.29, 0.717) is 70.2 Å². The van der Waals surface area contributed by atoms with E-state index in [1.807, 2.05) is 4.90 Å². The Kier molecular flexibility index (Phi) is 11.1. The number of nitrogens with one attached hydrogen (secondary N) is 1. The van der Waals surface area contributed by atoms with Crippen molar-refractivity contribution in [2.24, 2.45) is 11.7 Å². The topological polar surface area (TPSA) is 78.7 Å². The summed E-state index contributed by atoms with van der Waals surface area (Å²) < 4.78 is 93.1. The molecular formula is C31H37F7N4O2. The van der Waals surface area contributed by atoms with Crippen LogP contribution >= 0.6 is 0 Å². The molecule has 13 heteroatoms. The Morgan fingerprint density at radius 2 is 1.52 bits per heavy atom. The predicted octanol–water partition coefficient (Wildman–Crippen LogP) is 5.88. The molecule has 2 heterocycles. The van der Waals surface area contributed by atoms with Crippen molar-refractivity contribution in [1.82, 2.24) is 15.1 Å². The molecule has 2 aliphatic heterocycles. The maximum atomic E-state index is 13.6. The summed E-state index contributed by atoms with van der Waals surface area (Å²) in [4.78, 5) is 30.3. The van der Waals surface area contributed by atoms with Crippen molar-refractivity contribution in [3.8, 4) is 0 Å². The van der Waals surface area contributed by atoms with Crippen LogP contribution in [0.2, 0.25) is 0 Å². The Hall–Kier alpha value is -3.03. The fraction of sp³-hybridized carbons (Fsp3) is 0.548. The number of nitrogens with two attached hydrogens (primary N) is 1. The van der Waals surface area contributed by atoms with Crippen LogP contribution in [-0.2, 0) is 34.9 Å². The minimum absolute atomic E-state index is 0.0100. The summed E-state index contributed by atoms with van der Waals surface area (Å²) >= 11 is 0. The van der Waals surface area contributed by atoms with Crippen molar-refractivity contribution in [3.63, 3.8) is 0 Å². The molecule has 2 fully saturated rings. The van der Waals surface area contributed by atoms with E-state index in [1.54, 1.807) is 17.0 Å². The molecule has 1 amide bonds. The van der Waals surface area contributed by atoms with E-state index in [1.165, 1.54) is 12.1 Å². The number of Topliss-reactive ketones (excluding diaryl/α,β-unsaturated/α-hetero) is 1. The molecule has 4 rings (SSSR count). The molecule has 0 aromatic heterocycles. The van der Waals surface area contributed by atoms with Gasteiger partial charge in [0.2, 0.25) is 5.91 Å². The van der Waals surface area contributed by atoms with E-state index >= 15 is 0 Å². The number of halogens is 7. The Morgan fingerprint density at radius 3 is 2.14 bits per heavy atom. The second-order valence-corrected chi connectivity index (χ2v) is 11.5. The highest BCUT2D eigenvalue weighted by molar-refractivity contribution is 5.92. The molecule has 0 saturated carbocycles. The lowest BCUT2D eigenvalue weighted by molar-refractivity contribution is -0.164. The van der Waals surface area contributed by atoms with Crippen molar-refractivity contribution in [1.29, 1.82) is 0 Å². The predicted molar refractivity (Wildman–Crippen MR) is 149 cm³/mol. The maximum absolute atomic E-state index is 13.6. The number of amides is 1. The molecule has 2 aliphatic rings. The summed E-state index contributed by atoms with van der Waals surface area (Å²) in [6.45, 7) is 0.610. The standard InChI is InChI=1S/C31H37F7N4O2/c32-25-9-7-20(8-10-25)4-3-5-22-16-27-41(13-11-28(43)42(27)26(29(22)44)6-1-2-12-39)19-40-18-21-14-23(30(33,34)35)17-24(15-21)31(36,37)38/h7-10,14-15,17,22,26-27,40H,1-6,11-13,16,18-19,39H2/t22?,26-,27+/m0/s1. The van der Waals surface area contributed by atoms with Crippen LogP contribution in [0.25, 0.3) is 0 Å². The first-order valence-electron chi connectivity index (χ1n) is 14.8. The van der Waals surface area contributed by atoms with Crippen molar-refractivity contribution < 1.29 is 40.3 Å². The third-order valence-corrected chi connectivity index (χ3v) is 8.36. The summed E-state index contributed by atoms with van der Waals surface area (Å²) in [5.41, 5.74) is 3.66. The Morgan fingerprint density at radius 1 is 0.864 bits per heavy atom. The van der Waals surface area contributed by atoms with E-state index in [4.69, 9.17) is 5.73 Å². The van der Waals surface area contributed by atoms with E-state index < -0.39 is 35.7 Å². The molecule has 2 saturated heterocycles. The van der Waals surface area contributed by atoms with E-state index in [2.05, 4.69) is 5.32 Å². The highest BCUT2D eigenvalue weighted by Crippen LogP contribution is 2.37. The summed E-state index contributed by atoms with van der Waals surface area (Å²) in [5.74, 6) is -0.842. The van der Waals surface area contributed by atoms with Gasteiger partial charge in [-0.05, 0) is 92.9 Å². The number of benzene rings is 2. The van der Waals surface area contributed by atoms with Gasteiger partial charge in [-0.25, -0.2) is 4.39 Å². The van der Waals surface area contributed by atoms with Gasteiger partial charge in [-0.15, -0.1) is 0 Å². The average molecular weight is 631 g/mol. The molecule has 1 unspecified atom stereocenters. The lowest BCUT2D eigenvalue weighted by Gasteiger charge is -2.51. The molecule has 2 aromatic rings. The van der Waals surface area contributed by atoms with Gasteiger partial charge in [0.1, 0.15) is 5.82 Å². The molecular weight excluding hydrogens is 593 g/mol. The normalized spacial score (nSPS) is 21.5. The number of piperidine rings is 1. The number of fused-ring (bicyclic) bond motifs is 1. The lowest BCUT2D eigenvalue weighted by Crippen LogP contribution is -2.66. The number of carbonyl (C=O) groups is 2. The SMILES string of the molecule is NCCCC[C@H]1C(=O)C(CCCc2ccc(F)cc2)C[C@@H]2N(CNCc3cc(C(F)(F)F)cc(C(F)(F)F)c3)CCC(=O)N21. The first-order valence-corrected chi connectivity index (χ1v) is 14.8. The molecule has 44 heavy (non-hydrogen) atoms. The van der Waals surface area contributed by atoms with Crippen LogP contribution in [0.4, 0.5) is 30.7 Å². The fourth-order valence-electron chi connectivity index (χ4n) is 6.16. The van der Waals surface area contributed by atoms with E-state index in [-0.39, 0.29) is 54.7 Å². The van der Waals surface area contributed by atoms with E-state index in [0.717, 1.165) is 5.56 Å². The Balaban J connectivity index is 1.48. The third-order valence-electron chi connectivity index (χ3n) is 8.36. The van der Waals surface area contributed by atoms with Crippen LogP contribution in [-0.4, -0.2) is 53.5 Å². The van der Waals surface area contributed by atoms with Gasteiger partial charge >= 0.3 is 12.4 Å². The van der Waals surface area contributed by atoms with Crippen LogP contribution in [0.15, 0.2) is 42.5 Å². The largest absolute Gasteiger partial charge is 0.416 e. The van der Waals surface area contributed by atoms with Crippen LogP contribution in [0.1, 0.15) is 67.2 Å². The number of nitrogens with zero attached hydrogens (tertiary/aromatic N) is 2. The first kappa shape index (κ1) is 33.9. The van der Waals surface area contributed by atoms with Gasteiger partial charge in [0.25, 0.3) is 0 Å². The molecule has 3 N–H and O–H groups in total. The minimum atomic E-state index is -4.94.